The minimum atomic E-state index is 0.118. The Bertz CT molecular complexity index is 920. The molecule has 3 heterocycles. The Balaban J connectivity index is 1.41. The highest BCUT2D eigenvalue weighted by Crippen LogP contribution is 2.29. The van der Waals surface area contributed by atoms with E-state index in [4.69, 9.17) is 0 Å². The van der Waals surface area contributed by atoms with Gasteiger partial charge in [0.2, 0.25) is 0 Å². The number of carbonyl (C=O) groups is 1. The summed E-state index contributed by atoms with van der Waals surface area (Å²) in [4.78, 5) is 19.6. The highest BCUT2D eigenvalue weighted by molar-refractivity contribution is 5.94. The number of hydrogen-bond acceptors (Lipinski definition) is 3. The second-order valence-electron chi connectivity index (χ2n) is 7.76. The van der Waals surface area contributed by atoms with Crippen LogP contribution in [-0.2, 0) is 6.54 Å². The number of hydrogen-bond donors (Lipinski definition) is 0. The van der Waals surface area contributed by atoms with E-state index in [2.05, 4.69) is 34.7 Å². The molecule has 0 atom stereocenters. The maximum absolute atomic E-state index is 13.0. The Morgan fingerprint density at radius 1 is 1.14 bits per heavy atom. The molecule has 1 amide bonds. The van der Waals surface area contributed by atoms with Crippen LogP contribution in [-0.4, -0.2) is 43.2 Å². The van der Waals surface area contributed by atoms with Crippen LogP contribution in [0.25, 0.3) is 0 Å². The minimum absolute atomic E-state index is 0.118. The number of aromatic nitrogens is 4. The molecule has 6 heteroatoms. The zero-order valence-corrected chi connectivity index (χ0v) is 16.5. The number of imidazole rings is 1. The van der Waals surface area contributed by atoms with Gasteiger partial charge < -0.3 is 9.47 Å². The third kappa shape index (κ3) is 3.86. The van der Waals surface area contributed by atoms with Gasteiger partial charge >= 0.3 is 0 Å². The fraction of sp³-hybridized carbons (Fsp3) is 0.409. The molecule has 1 aliphatic rings. The molecule has 28 heavy (non-hydrogen) atoms. The van der Waals surface area contributed by atoms with Crippen molar-refractivity contribution in [3.63, 3.8) is 0 Å². The summed E-state index contributed by atoms with van der Waals surface area (Å²) < 4.78 is 4.12. The summed E-state index contributed by atoms with van der Waals surface area (Å²) in [5.74, 6) is 1.70. The quantitative estimate of drug-likeness (QED) is 0.681. The molecule has 3 aromatic rings. The Morgan fingerprint density at radius 2 is 1.96 bits per heavy atom. The molecule has 0 spiro atoms. The van der Waals surface area contributed by atoms with Crippen LogP contribution in [0.15, 0.2) is 55.1 Å². The number of carbonyl (C=O) groups excluding carboxylic acids is 1. The van der Waals surface area contributed by atoms with Crippen LogP contribution >= 0.6 is 0 Å². The van der Waals surface area contributed by atoms with Crippen molar-refractivity contribution in [3.05, 3.63) is 72.1 Å². The number of piperidine rings is 1. The summed E-state index contributed by atoms with van der Waals surface area (Å²) in [6.45, 7) is 6.59. The maximum Gasteiger partial charge on any atom is 0.253 e. The Hall–Kier alpha value is -2.89. The molecule has 1 aliphatic heterocycles. The van der Waals surface area contributed by atoms with Gasteiger partial charge in [0, 0.05) is 55.4 Å². The van der Waals surface area contributed by atoms with Gasteiger partial charge in [-0.1, -0.05) is 12.1 Å². The topological polar surface area (TPSA) is 56.0 Å². The average molecular weight is 377 g/mol. The fourth-order valence-electron chi connectivity index (χ4n) is 3.98. The van der Waals surface area contributed by atoms with Crippen molar-refractivity contribution in [3.8, 4) is 0 Å². The van der Waals surface area contributed by atoms with Gasteiger partial charge in [-0.2, -0.15) is 5.10 Å². The lowest BCUT2D eigenvalue weighted by atomic mass is 9.95. The van der Waals surface area contributed by atoms with Crippen LogP contribution in [0.4, 0.5) is 0 Å². The van der Waals surface area contributed by atoms with E-state index in [0.717, 1.165) is 42.9 Å². The van der Waals surface area contributed by atoms with Crippen molar-refractivity contribution < 1.29 is 4.79 Å². The number of rotatable bonds is 5. The normalized spacial score (nSPS) is 15.3. The van der Waals surface area contributed by atoms with Gasteiger partial charge in [-0.25, -0.2) is 4.98 Å². The van der Waals surface area contributed by atoms with Crippen LogP contribution in [0, 0.1) is 0 Å². The molecule has 0 aliphatic carbocycles. The molecule has 146 valence electrons. The third-order valence-corrected chi connectivity index (χ3v) is 5.48. The van der Waals surface area contributed by atoms with E-state index in [-0.39, 0.29) is 5.91 Å². The van der Waals surface area contributed by atoms with Crippen molar-refractivity contribution >= 4 is 5.91 Å². The minimum Gasteiger partial charge on any atom is -0.339 e. The van der Waals surface area contributed by atoms with Crippen molar-refractivity contribution in [1.29, 1.82) is 0 Å². The van der Waals surface area contributed by atoms with E-state index in [0.29, 0.717) is 18.5 Å². The summed E-state index contributed by atoms with van der Waals surface area (Å²) in [6.07, 6.45) is 9.57. The number of nitrogens with zero attached hydrogens (tertiary/aromatic N) is 5. The van der Waals surface area contributed by atoms with E-state index in [1.165, 1.54) is 0 Å². The lowest BCUT2D eigenvalue weighted by molar-refractivity contribution is 0.0710. The van der Waals surface area contributed by atoms with Crippen molar-refractivity contribution in [2.75, 3.05) is 13.1 Å². The first kappa shape index (κ1) is 18.5. The third-order valence-electron chi connectivity index (χ3n) is 5.48. The van der Waals surface area contributed by atoms with Crippen molar-refractivity contribution in [2.45, 2.75) is 45.2 Å². The second-order valence-corrected chi connectivity index (χ2v) is 7.76. The smallest absolute Gasteiger partial charge is 0.253 e. The number of amides is 1. The molecule has 1 aromatic carbocycles. The molecule has 1 saturated heterocycles. The largest absolute Gasteiger partial charge is 0.339 e. The molecule has 1 fully saturated rings. The van der Waals surface area contributed by atoms with Crippen molar-refractivity contribution in [2.24, 2.45) is 0 Å². The summed E-state index contributed by atoms with van der Waals surface area (Å²) >= 11 is 0. The SMILES string of the molecule is CC(C)n1ccnc1C1CCN(C(=O)c2cccc(Cn3cccn3)c2)CC1. The van der Waals surface area contributed by atoms with Gasteiger partial charge in [0.1, 0.15) is 5.82 Å². The van der Waals surface area contributed by atoms with E-state index in [1.807, 2.05) is 52.3 Å². The molecular formula is C22H27N5O. The summed E-state index contributed by atoms with van der Waals surface area (Å²) in [5, 5.41) is 4.24. The predicted octanol–water partition coefficient (Wildman–Crippen LogP) is 3.73. The molecule has 0 bridgehead atoms. The predicted molar refractivity (Wildman–Crippen MR) is 108 cm³/mol. The van der Waals surface area contributed by atoms with Gasteiger partial charge in [-0.15, -0.1) is 0 Å². The van der Waals surface area contributed by atoms with Gasteiger partial charge in [0.05, 0.1) is 6.54 Å². The van der Waals surface area contributed by atoms with Crippen molar-refractivity contribution in [1.82, 2.24) is 24.2 Å². The lowest BCUT2D eigenvalue weighted by Gasteiger charge is -2.32. The van der Waals surface area contributed by atoms with Crippen LogP contribution in [0.5, 0.6) is 0 Å². The number of benzene rings is 1. The summed E-state index contributed by atoms with van der Waals surface area (Å²) in [5.41, 5.74) is 1.84. The monoisotopic (exact) mass is 377 g/mol. The Morgan fingerprint density at radius 3 is 2.68 bits per heavy atom. The molecule has 0 radical (unpaired) electrons. The molecule has 0 saturated carbocycles. The molecule has 2 aromatic heterocycles. The van der Waals surface area contributed by atoms with Gasteiger partial charge in [-0.05, 0) is 50.5 Å². The summed E-state index contributed by atoms with van der Waals surface area (Å²) in [7, 11) is 0. The molecule has 4 rings (SSSR count). The summed E-state index contributed by atoms with van der Waals surface area (Å²) in [6, 6.07) is 10.2. The van der Waals surface area contributed by atoms with Crippen LogP contribution in [0.3, 0.4) is 0 Å². The van der Waals surface area contributed by atoms with Gasteiger partial charge in [0.15, 0.2) is 0 Å². The average Bonchev–Trinajstić information content (AvgIpc) is 3.40. The standard InChI is InChI=1S/C22H27N5O/c1-17(2)27-14-10-23-21(27)19-7-12-25(13-8-19)22(28)20-6-3-5-18(15-20)16-26-11-4-9-24-26/h3-6,9-11,14-15,17,19H,7-8,12-13,16H2,1-2H3. The maximum atomic E-state index is 13.0. The Kier molecular flexibility index (Phi) is 5.28. The zero-order chi connectivity index (χ0) is 19.5. The van der Waals surface area contributed by atoms with E-state index in [1.54, 1.807) is 6.20 Å². The zero-order valence-electron chi connectivity index (χ0n) is 16.5. The fourth-order valence-corrected chi connectivity index (χ4v) is 3.98. The van der Waals surface area contributed by atoms with Gasteiger partial charge in [-0.3, -0.25) is 9.48 Å². The van der Waals surface area contributed by atoms with E-state index >= 15 is 0 Å². The van der Waals surface area contributed by atoms with Gasteiger partial charge in [0.25, 0.3) is 5.91 Å². The highest BCUT2D eigenvalue weighted by Gasteiger charge is 2.27. The van der Waals surface area contributed by atoms with Crippen LogP contribution in [0.1, 0.15) is 60.4 Å². The van der Waals surface area contributed by atoms with E-state index < -0.39 is 0 Å². The number of likely N-dealkylation sites (tertiary alicyclic amines) is 1. The first-order chi connectivity index (χ1) is 13.6. The first-order valence-electron chi connectivity index (χ1n) is 10.00. The molecule has 6 nitrogen and oxygen atoms in total. The van der Waals surface area contributed by atoms with Crippen LogP contribution in [0.2, 0.25) is 0 Å². The molecular weight excluding hydrogens is 350 g/mol. The second kappa shape index (κ2) is 8.00. The lowest BCUT2D eigenvalue weighted by Crippen LogP contribution is -2.38. The van der Waals surface area contributed by atoms with Crippen LogP contribution < -0.4 is 0 Å². The molecule has 0 N–H and O–H groups in total. The Labute approximate surface area is 165 Å². The molecule has 0 unspecified atom stereocenters. The van der Waals surface area contributed by atoms with E-state index in [9.17, 15) is 4.79 Å². The first-order valence-corrected chi connectivity index (χ1v) is 10.00. The highest BCUT2D eigenvalue weighted by atomic mass is 16.2.